The number of hydrogen-bond acceptors (Lipinski definition) is 4. The van der Waals surface area contributed by atoms with Crippen LogP contribution in [0.25, 0.3) is 0 Å². The van der Waals surface area contributed by atoms with Crippen LogP contribution in [-0.4, -0.2) is 76.9 Å². The molecule has 8 heteroatoms. The van der Waals surface area contributed by atoms with E-state index in [0.29, 0.717) is 18.5 Å². The molecule has 1 fully saturated rings. The van der Waals surface area contributed by atoms with Crippen LogP contribution in [-0.2, 0) is 14.3 Å². The van der Waals surface area contributed by atoms with Crippen molar-refractivity contribution in [2.45, 2.75) is 32.2 Å². The summed E-state index contributed by atoms with van der Waals surface area (Å²) in [6.07, 6.45) is 3.33. The van der Waals surface area contributed by atoms with E-state index in [9.17, 15) is 4.79 Å². The topological polar surface area (TPSA) is 75.2 Å². The number of aliphatic imine (C=N–C) groups is 1. The molecule has 1 atom stereocenters. The molecule has 0 aromatic carbocycles. The summed E-state index contributed by atoms with van der Waals surface area (Å²) in [7, 11) is 5.18. The van der Waals surface area contributed by atoms with Crippen LogP contribution in [0.3, 0.4) is 0 Å². The third-order valence-electron chi connectivity index (χ3n) is 3.69. The first-order valence-corrected chi connectivity index (χ1v) is 8.40. The zero-order valence-corrected chi connectivity index (χ0v) is 17.7. The fraction of sp³-hybridized carbons (Fsp3) is 0.875. The van der Waals surface area contributed by atoms with Crippen LogP contribution < -0.4 is 10.6 Å². The van der Waals surface area contributed by atoms with Crippen molar-refractivity contribution in [3.63, 3.8) is 0 Å². The minimum absolute atomic E-state index is 0. The van der Waals surface area contributed by atoms with E-state index in [-0.39, 0.29) is 42.5 Å². The third kappa shape index (κ3) is 10.3. The Labute approximate surface area is 162 Å². The number of methoxy groups -OCH3 is 1. The van der Waals surface area contributed by atoms with E-state index in [1.54, 1.807) is 26.1 Å². The Kier molecular flexibility index (Phi) is 13.3. The molecule has 0 bridgehead atoms. The molecule has 24 heavy (non-hydrogen) atoms. The molecule has 1 amide bonds. The van der Waals surface area contributed by atoms with Gasteiger partial charge in [-0.1, -0.05) is 0 Å². The zero-order chi connectivity index (χ0) is 17.1. The van der Waals surface area contributed by atoms with Gasteiger partial charge in [0, 0.05) is 41.0 Å². The molecule has 0 heterocycles. The maximum absolute atomic E-state index is 11.7. The Morgan fingerprint density at radius 2 is 2.08 bits per heavy atom. The van der Waals surface area contributed by atoms with Crippen LogP contribution in [0, 0.1) is 5.92 Å². The van der Waals surface area contributed by atoms with Crippen molar-refractivity contribution in [1.29, 1.82) is 0 Å². The highest BCUT2D eigenvalue weighted by molar-refractivity contribution is 14.0. The van der Waals surface area contributed by atoms with Gasteiger partial charge < -0.3 is 25.0 Å². The summed E-state index contributed by atoms with van der Waals surface area (Å²) in [6.45, 7) is 4.97. The molecule has 142 valence electrons. The largest absolute Gasteiger partial charge is 0.383 e. The zero-order valence-electron chi connectivity index (χ0n) is 15.3. The highest BCUT2D eigenvalue weighted by Gasteiger charge is 2.31. The molecule has 1 aliphatic rings. The van der Waals surface area contributed by atoms with Gasteiger partial charge in [-0.15, -0.1) is 24.0 Å². The first-order valence-electron chi connectivity index (χ1n) is 8.40. The number of nitrogens with zero attached hydrogens (tertiary/aromatic N) is 2. The number of nitrogens with one attached hydrogen (secondary N) is 2. The summed E-state index contributed by atoms with van der Waals surface area (Å²) in [5.74, 6) is 1.29. The number of likely N-dealkylation sites (N-methyl/N-ethyl adjacent to an activating group) is 1. The Hall–Kier alpha value is -0.610. The molecule has 1 saturated carbocycles. The minimum Gasteiger partial charge on any atom is -0.383 e. The number of guanidine groups is 1. The molecule has 0 aliphatic heterocycles. The first-order chi connectivity index (χ1) is 11.1. The summed E-state index contributed by atoms with van der Waals surface area (Å²) in [5, 5.41) is 6.68. The average Bonchev–Trinajstić information content (AvgIpc) is 3.35. The van der Waals surface area contributed by atoms with Gasteiger partial charge in [0.25, 0.3) is 0 Å². The van der Waals surface area contributed by atoms with E-state index >= 15 is 0 Å². The minimum atomic E-state index is -0.0184. The quantitative estimate of drug-likeness (QED) is 0.211. The number of hydrogen-bond donors (Lipinski definition) is 2. The molecule has 1 unspecified atom stereocenters. The van der Waals surface area contributed by atoms with E-state index in [2.05, 4.69) is 15.6 Å². The van der Waals surface area contributed by atoms with Crippen LogP contribution in [0.15, 0.2) is 4.99 Å². The van der Waals surface area contributed by atoms with E-state index < -0.39 is 0 Å². The molecule has 0 aromatic heterocycles. The molecule has 1 aliphatic carbocycles. The van der Waals surface area contributed by atoms with Crippen molar-refractivity contribution in [2.75, 3.05) is 54.1 Å². The van der Waals surface area contributed by atoms with Gasteiger partial charge in [0.15, 0.2) is 5.96 Å². The van der Waals surface area contributed by atoms with Crippen molar-refractivity contribution in [3.8, 4) is 0 Å². The molecule has 0 aromatic rings. The lowest BCUT2D eigenvalue weighted by Crippen LogP contribution is -2.47. The van der Waals surface area contributed by atoms with Gasteiger partial charge in [-0.3, -0.25) is 4.79 Å². The van der Waals surface area contributed by atoms with Crippen molar-refractivity contribution in [1.82, 2.24) is 15.5 Å². The summed E-state index contributed by atoms with van der Waals surface area (Å²) in [5.41, 5.74) is 0. The summed E-state index contributed by atoms with van der Waals surface area (Å²) < 4.78 is 10.6. The average molecular weight is 456 g/mol. The predicted octanol–water partition coefficient (Wildman–Crippen LogP) is 1.08. The molecule has 0 radical (unpaired) electrons. The number of halogens is 1. The van der Waals surface area contributed by atoms with Gasteiger partial charge in [0.05, 0.1) is 12.6 Å². The van der Waals surface area contributed by atoms with Crippen molar-refractivity contribution >= 4 is 35.8 Å². The Morgan fingerprint density at radius 3 is 2.62 bits per heavy atom. The Bertz CT molecular complexity index is 376. The molecule has 1 rings (SSSR count). The number of amides is 1. The van der Waals surface area contributed by atoms with Crippen LogP contribution in [0.5, 0.6) is 0 Å². The molecular formula is C16H33IN4O3. The number of carbonyl (C=O) groups is 1. The van der Waals surface area contributed by atoms with Gasteiger partial charge in [-0.25, -0.2) is 4.99 Å². The number of rotatable bonds is 11. The van der Waals surface area contributed by atoms with Gasteiger partial charge in [-0.2, -0.15) is 0 Å². The maximum atomic E-state index is 11.7. The van der Waals surface area contributed by atoms with Crippen molar-refractivity contribution in [2.24, 2.45) is 10.9 Å². The van der Waals surface area contributed by atoms with E-state index in [0.717, 1.165) is 26.2 Å². The fourth-order valence-electron chi connectivity index (χ4n) is 2.12. The van der Waals surface area contributed by atoms with Crippen LogP contribution in [0.1, 0.15) is 26.2 Å². The van der Waals surface area contributed by atoms with Crippen LogP contribution in [0.2, 0.25) is 0 Å². The maximum Gasteiger partial charge on any atom is 0.243 e. The van der Waals surface area contributed by atoms with Gasteiger partial charge >= 0.3 is 0 Å². The van der Waals surface area contributed by atoms with E-state index in [4.69, 9.17) is 9.47 Å². The van der Waals surface area contributed by atoms with Crippen molar-refractivity contribution in [3.05, 3.63) is 0 Å². The van der Waals surface area contributed by atoms with Gasteiger partial charge in [0.1, 0.15) is 6.54 Å². The third-order valence-corrected chi connectivity index (χ3v) is 3.69. The lowest BCUT2D eigenvalue weighted by molar-refractivity contribution is -0.127. The van der Waals surface area contributed by atoms with Gasteiger partial charge in [-0.05, 0) is 32.1 Å². The fourth-order valence-corrected chi connectivity index (χ4v) is 2.12. The van der Waals surface area contributed by atoms with Crippen LogP contribution >= 0.6 is 24.0 Å². The second kappa shape index (κ2) is 13.7. The summed E-state index contributed by atoms with van der Waals surface area (Å²) in [6, 6.07) is 0.243. The highest BCUT2D eigenvalue weighted by Crippen LogP contribution is 2.32. The summed E-state index contributed by atoms with van der Waals surface area (Å²) >= 11 is 0. The number of carbonyl (C=O) groups excluding carboxylic acids is 1. The van der Waals surface area contributed by atoms with Gasteiger partial charge in [0.2, 0.25) is 5.91 Å². The lowest BCUT2D eigenvalue weighted by Gasteiger charge is -2.21. The standard InChI is InChI=1S/C16H32N4O3.HI/c1-5-23-10-6-9-17-16(18-11-15(21)20(2)3)19-14(12-22-4)13-7-8-13;/h13-14H,5-12H2,1-4H3,(H2,17,18,19);1H. The molecular weight excluding hydrogens is 423 g/mol. The second-order valence-electron chi connectivity index (χ2n) is 5.97. The monoisotopic (exact) mass is 456 g/mol. The molecule has 2 N–H and O–H groups in total. The smallest absolute Gasteiger partial charge is 0.243 e. The van der Waals surface area contributed by atoms with E-state index in [1.165, 1.54) is 12.8 Å². The molecule has 7 nitrogen and oxygen atoms in total. The Balaban J connectivity index is 0.00000529. The van der Waals surface area contributed by atoms with E-state index in [1.807, 2.05) is 6.92 Å². The van der Waals surface area contributed by atoms with Crippen molar-refractivity contribution < 1.29 is 14.3 Å². The normalized spacial score (nSPS) is 15.4. The highest BCUT2D eigenvalue weighted by atomic mass is 127. The molecule has 0 spiro atoms. The second-order valence-corrected chi connectivity index (χ2v) is 5.97. The molecule has 0 saturated heterocycles. The SMILES string of the molecule is CCOCCCNC(=NCC(=O)N(C)C)NC(COC)C1CC1.I. The predicted molar refractivity (Wildman–Crippen MR) is 107 cm³/mol. The first kappa shape index (κ1) is 23.4. The lowest BCUT2D eigenvalue weighted by atomic mass is 10.2. The van der Waals surface area contributed by atoms with Crippen LogP contribution in [0.4, 0.5) is 0 Å². The number of ether oxygens (including phenoxy) is 2. The Morgan fingerprint density at radius 1 is 1.38 bits per heavy atom. The summed E-state index contributed by atoms with van der Waals surface area (Å²) in [4.78, 5) is 17.7.